The lowest BCUT2D eigenvalue weighted by atomic mass is 9.90. The van der Waals surface area contributed by atoms with Gasteiger partial charge in [-0.15, -0.1) is 0 Å². The molecule has 1 aliphatic carbocycles. The van der Waals surface area contributed by atoms with Crippen molar-refractivity contribution in [2.75, 3.05) is 120 Å². The lowest BCUT2D eigenvalue weighted by molar-refractivity contribution is -0.519. The van der Waals surface area contributed by atoms with E-state index in [0.717, 1.165) is 63.3 Å². The maximum atomic E-state index is 13.8. The first-order valence-corrected chi connectivity index (χ1v) is 29.8. The molecule has 1 aromatic heterocycles. The number of benzene rings is 3. The van der Waals surface area contributed by atoms with E-state index in [-0.39, 0.29) is 47.7 Å². The Kier molecular flexibility index (Phi) is 21.6. The first kappa shape index (κ1) is 59.2. The van der Waals surface area contributed by atoms with E-state index in [1.165, 1.54) is 17.0 Å². The topological polar surface area (TPSA) is 223 Å². The summed E-state index contributed by atoms with van der Waals surface area (Å²) in [4.78, 5) is 50.9. The third-order valence-electron chi connectivity index (χ3n) is 14.0. The summed E-state index contributed by atoms with van der Waals surface area (Å²) in [5.41, 5.74) is 5.45. The van der Waals surface area contributed by atoms with E-state index in [4.69, 9.17) is 9.47 Å². The minimum Gasteiger partial charge on any atom is -0.378 e. The van der Waals surface area contributed by atoms with Gasteiger partial charge >= 0.3 is 0 Å². The molecule has 0 saturated carbocycles. The van der Waals surface area contributed by atoms with Gasteiger partial charge in [-0.3, -0.25) is 33.6 Å². The molecule has 2 aliphatic heterocycles. The molecule has 4 N–H and O–H groups in total. The molecule has 1 saturated heterocycles. The van der Waals surface area contributed by atoms with Crippen LogP contribution in [-0.4, -0.2) is 169 Å². The molecular weight excluding hydrogens is 1030 g/mol. The monoisotopic (exact) mass is 1110 g/mol. The van der Waals surface area contributed by atoms with E-state index in [0.29, 0.717) is 105 Å². The lowest BCUT2D eigenvalue weighted by Gasteiger charge is -2.35. The highest BCUT2D eigenvalue weighted by Gasteiger charge is 2.32. The second-order valence-corrected chi connectivity index (χ2v) is 22.1. The van der Waals surface area contributed by atoms with Crippen molar-refractivity contribution in [1.82, 2.24) is 24.8 Å². The van der Waals surface area contributed by atoms with Crippen molar-refractivity contribution in [3.8, 4) is 0 Å². The zero-order chi connectivity index (χ0) is 55.7. The fraction of sp³-hybridized carbons (Fsp3) is 0.421. The Bertz CT molecular complexity index is 3070. The summed E-state index contributed by atoms with van der Waals surface area (Å²) < 4.78 is 80.0. The maximum absolute atomic E-state index is 13.8. The van der Waals surface area contributed by atoms with Crippen LogP contribution in [0.5, 0.6) is 0 Å². The van der Waals surface area contributed by atoms with Crippen LogP contribution in [0.4, 0.5) is 22.9 Å². The molecule has 3 aromatic carbocycles. The minimum atomic E-state index is -4.91. The first-order valence-electron chi connectivity index (χ1n) is 26.9. The van der Waals surface area contributed by atoms with Gasteiger partial charge in [0.2, 0.25) is 21.8 Å². The van der Waals surface area contributed by atoms with Crippen molar-refractivity contribution in [3.63, 3.8) is 0 Å². The maximum Gasteiger partial charge on any atom is 0.295 e. The van der Waals surface area contributed by atoms with Crippen LogP contribution in [0.1, 0.15) is 74.9 Å². The molecule has 3 amide bonds. The van der Waals surface area contributed by atoms with Gasteiger partial charge in [0.05, 0.1) is 54.8 Å². The molecule has 4 aromatic rings. The number of aromatic nitrogens is 1. The molecule has 3 heterocycles. The standard InChI is InChI=1S/C57H73N9O10S2/c1-5-64(6-2)45-23-19-43(20-24-45)55(44-21-25-46(26-22-44)65(7-3)8-4)49-28-27-47(41-52(49)78(72,73)74)77(70,71)60-30-13-9-10-18-53(67)58-31-37-75-39-40-76-38-36-62-32-34-63(35-33-62)42-54(68)66-51-17-12-11-15-48(51)57(69)61-50-16-14-29-59-56(50)66/h11-12,14-17,19-29,41,60H,5-10,13,18,30-40,42H2,1-4H3,(H2-,58,61,67,69,72,73,74)/p+1. The molecule has 418 valence electrons. The summed E-state index contributed by atoms with van der Waals surface area (Å²) >= 11 is 0. The van der Waals surface area contributed by atoms with Crippen LogP contribution in [0.15, 0.2) is 125 Å². The van der Waals surface area contributed by atoms with Gasteiger partial charge in [-0.25, -0.2) is 22.7 Å². The van der Waals surface area contributed by atoms with Gasteiger partial charge in [0.25, 0.3) is 16.0 Å². The molecule has 0 atom stereocenters. The molecule has 21 heteroatoms. The number of amides is 3. The van der Waals surface area contributed by atoms with Crippen LogP contribution in [0, 0.1) is 0 Å². The number of ether oxygens (including phenoxy) is 2. The highest BCUT2D eigenvalue weighted by molar-refractivity contribution is 7.89. The van der Waals surface area contributed by atoms with Crippen molar-refractivity contribution in [2.45, 2.75) is 63.2 Å². The van der Waals surface area contributed by atoms with Gasteiger partial charge in [0.1, 0.15) is 18.0 Å². The van der Waals surface area contributed by atoms with E-state index in [2.05, 4.69) is 67.3 Å². The zero-order valence-corrected chi connectivity index (χ0v) is 46.8. The number of carbonyl (C=O) groups excluding carboxylic acids is 3. The van der Waals surface area contributed by atoms with Crippen LogP contribution in [0.25, 0.3) is 5.57 Å². The smallest absolute Gasteiger partial charge is 0.295 e. The Hall–Kier alpha value is -6.43. The number of unbranched alkanes of at least 4 members (excludes halogenated alkanes) is 2. The number of para-hydroxylation sites is 1. The van der Waals surface area contributed by atoms with Crippen LogP contribution >= 0.6 is 0 Å². The second kappa shape index (κ2) is 28.4. The highest BCUT2D eigenvalue weighted by atomic mass is 32.2. The Morgan fingerprint density at radius 1 is 0.782 bits per heavy atom. The third kappa shape index (κ3) is 15.7. The Morgan fingerprint density at radius 3 is 2.17 bits per heavy atom. The summed E-state index contributed by atoms with van der Waals surface area (Å²) in [5.74, 6) is -0.196. The molecule has 0 spiro atoms. The average molecular weight is 1110 g/mol. The van der Waals surface area contributed by atoms with E-state index in [1.807, 2.05) is 48.6 Å². The number of hydrogen-bond donors (Lipinski definition) is 4. The molecule has 19 nitrogen and oxygen atoms in total. The van der Waals surface area contributed by atoms with Crippen LogP contribution in [0.2, 0.25) is 0 Å². The molecule has 7 rings (SSSR count). The number of rotatable bonds is 27. The molecular formula is C57H74N9O10S2+. The van der Waals surface area contributed by atoms with E-state index in [9.17, 15) is 35.8 Å². The van der Waals surface area contributed by atoms with Crippen LogP contribution in [-0.2, 0) is 39.2 Å². The van der Waals surface area contributed by atoms with Gasteiger partial charge in [-0.1, -0.05) is 36.8 Å². The molecule has 0 radical (unpaired) electrons. The van der Waals surface area contributed by atoms with E-state index < -0.39 is 25.0 Å². The van der Waals surface area contributed by atoms with Crippen molar-refractivity contribution < 1.29 is 49.8 Å². The molecule has 0 unspecified atom stereocenters. The Morgan fingerprint density at radius 2 is 1.47 bits per heavy atom. The SMILES string of the molecule is CCN(CC)c1ccc(C(=C2C=CC(=[N+](CC)CC)C=C2)c2ccc(S(=O)(=O)NCCCCCC(=O)NCCOCCOCCN3CCN(CC(=O)N4c5ccccc5C(=O)Nc5cccnc54)CC3)cc2S(=O)(=O)O)cc1. The quantitative estimate of drug-likeness (QED) is 0.0300. The predicted octanol–water partition coefficient (Wildman–Crippen LogP) is 6.13. The normalized spacial score (nSPS) is 14.9. The number of carbonyl (C=O) groups is 3. The van der Waals surface area contributed by atoms with Crippen molar-refractivity contribution in [2.24, 2.45) is 0 Å². The summed E-state index contributed by atoms with van der Waals surface area (Å²) in [6, 6.07) is 22.0. The van der Waals surface area contributed by atoms with Gasteiger partial charge < -0.3 is 25.0 Å². The first-order chi connectivity index (χ1) is 37.6. The fourth-order valence-corrected chi connectivity index (χ4v) is 11.6. The summed E-state index contributed by atoms with van der Waals surface area (Å²) in [5, 5.41) is 5.71. The number of nitrogens with one attached hydrogen (secondary N) is 3. The molecule has 0 bridgehead atoms. The highest BCUT2D eigenvalue weighted by Crippen LogP contribution is 2.38. The summed E-state index contributed by atoms with van der Waals surface area (Å²) in [6.45, 7) is 17.4. The van der Waals surface area contributed by atoms with Gasteiger partial charge in [-0.05, 0) is 118 Å². The summed E-state index contributed by atoms with van der Waals surface area (Å²) in [7, 11) is -9.10. The number of sulfonamides is 1. The average Bonchev–Trinajstić information content (AvgIpc) is 3.69. The van der Waals surface area contributed by atoms with Gasteiger partial charge in [0.15, 0.2) is 11.5 Å². The molecule has 1 fully saturated rings. The largest absolute Gasteiger partial charge is 0.378 e. The number of pyridine rings is 1. The second-order valence-electron chi connectivity index (χ2n) is 18.9. The lowest BCUT2D eigenvalue weighted by Crippen LogP contribution is -2.50. The summed E-state index contributed by atoms with van der Waals surface area (Å²) in [6.07, 6.45) is 11.1. The Labute approximate surface area is 459 Å². The van der Waals surface area contributed by atoms with Gasteiger partial charge in [-0.2, -0.15) is 8.42 Å². The van der Waals surface area contributed by atoms with E-state index in [1.54, 1.807) is 42.6 Å². The number of nitrogens with zero attached hydrogens (tertiary/aromatic N) is 6. The van der Waals surface area contributed by atoms with Crippen molar-refractivity contribution in [3.05, 3.63) is 132 Å². The predicted molar refractivity (Wildman–Crippen MR) is 304 cm³/mol. The number of hydrogen-bond acceptors (Lipinski definition) is 13. The van der Waals surface area contributed by atoms with Crippen LogP contribution < -0.4 is 25.2 Å². The van der Waals surface area contributed by atoms with Crippen molar-refractivity contribution >= 4 is 72.0 Å². The minimum absolute atomic E-state index is 0.0597. The van der Waals surface area contributed by atoms with Crippen LogP contribution in [0.3, 0.4) is 0 Å². The number of allylic oxidation sites excluding steroid dienone is 5. The molecule has 78 heavy (non-hydrogen) atoms. The number of anilines is 4. The third-order valence-corrected chi connectivity index (χ3v) is 16.3. The van der Waals surface area contributed by atoms with Gasteiger partial charge in [0, 0.05) is 94.9 Å². The number of piperazine rings is 1. The Balaban J connectivity index is 0.784. The molecule has 3 aliphatic rings. The van der Waals surface area contributed by atoms with Crippen molar-refractivity contribution in [1.29, 1.82) is 0 Å². The van der Waals surface area contributed by atoms with E-state index >= 15 is 0 Å². The number of fused-ring (bicyclic) bond motifs is 2. The fourth-order valence-electron chi connectivity index (χ4n) is 9.69. The zero-order valence-electron chi connectivity index (χ0n) is 45.2.